The number of benzene rings is 2. The maximum absolute atomic E-state index is 12.8. The molecule has 1 atom stereocenters. The summed E-state index contributed by atoms with van der Waals surface area (Å²) in [7, 11) is 1.44. The van der Waals surface area contributed by atoms with Crippen molar-refractivity contribution in [3.8, 4) is 5.75 Å². The van der Waals surface area contributed by atoms with E-state index in [-0.39, 0.29) is 40.7 Å². The van der Waals surface area contributed by atoms with E-state index in [1.807, 2.05) is 0 Å². The number of aromatic hydroxyl groups is 1. The van der Waals surface area contributed by atoms with Gasteiger partial charge in [0.05, 0.1) is 28.2 Å². The number of likely N-dealkylation sites (tertiary alicyclic amines) is 1. The van der Waals surface area contributed by atoms with Crippen LogP contribution in [0.1, 0.15) is 17.2 Å². The lowest BCUT2D eigenvalue weighted by Crippen LogP contribution is -2.32. The highest BCUT2D eigenvalue weighted by Crippen LogP contribution is 2.41. The molecule has 10 heteroatoms. The Hall–Kier alpha value is -3.43. The highest BCUT2D eigenvalue weighted by Gasteiger charge is 2.46. The Balaban J connectivity index is 2.20. The molecule has 30 heavy (non-hydrogen) atoms. The van der Waals surface area contributed by atoms with Crippen molar-refractivity contribution in [2.24, 2.45) is 0 Å². The van der Waals surface area contributed by atoms with Crippen molar-refractivity contribution < 1.29 is 29.5 Å². The van der Waals surface area contributed by atoms with Crippen molar-refractivity contribution in [3.63, 3.8) is 0 Å². The summed E-state index contributed by atoms with van der Waals surface area (Å²) in [6, 6.07) is 8.25. The molecule has 0 spiro atoms. The predicted molar refractivity (Wildman–Crippen MR) is 107 cm³/mol. The number of methoxy groups -OCH3 is 1. The molecule has 1 saturated heterocycles. The molecule has 1 aliphatic rings. The smallest absolute Gasteiger partial charge is 0.295 e. The van der Waals surface area contributed by atoms with Crippen LogP contribution in [0.4, 0.5) is 5.69 Å². The Bertz CT molecular complexity index is 1070. The Morgan fingerprint density at radius 1 is 1.27 bits per heavy atom. The lowest BCUT2D eigenvalue weighted by atomic mass is 9.95. The fraction of sp³-hybridized carbons (Fsp3) is 0.200. The van der Waals surface area contributed by atoms with Crippen molar-refractivity contribution in [1.29, 1.82) is 0 Å². The maximum atomic E-state index is 12.8. The topological polar surface area (TPSA) is 130 Å². The average Bonchev–Trinajstić information content (AvgIpc) is 2.98. The first kappa shape index (κ1) is 21.3. The van der Waals surface area contributed by atoms with Gasteiger partial charge in [0.1, 0.15) is 11.5 Å². The normalized spacial score (nSPS) is 18.1. The second kappa shape index (κ2) is 8.52. The van der Waals surface area contributed by atoms with Crippen LogP contribution >= 0.6 is 11.6 Å². The van der Waals surface area contributed by atoms with Gasteiger partial charge in [-0.15, -0.1) is 0 Å². The number of hydrogen-bond acceptors (Lipinski definition) is 7. The number of aliphatic hydroxyl groups is 1. The molecule has 0 bridgehead atoms. The molecule has 9 nitrogen and oxygen atoms in total. The molecule has 0 aromatic heterocycles. The lowest BCUT2D eigenvalue weighted by molar-refractivity contribution is -0.384. The van der Waals surface area contributed by atoms with Crippen LogP contribution in [0, 0.1) is 10.1 Å². The van der Waals surface area contributed by atoms with Gasteiger partial charge in [0.2, 0.25) is 0 Å². The molecule has 156 valence electrons. The van der Waals surface area contributed by atoms with Crippen molar-refractivity contribution in [2.45, 2.75) is 6.04 Å². The second-order valence-electron chi connectivity index (χ2n) is 6.50. The fourth-order valence-corrected chi connectivity index (χ4v) is 3.45. The molecular formula is C20H17ClN2O7. The minimum Gasteiger partial charge on any atom is -0.507 e. The zero-order valence-electron chi connectivity index (χ0n) is 15.7. The van der Waals surface area contributed by atoms with Gasteiger partial charge in [-0.05, 0) is 17.7 Å². The van der Waals surface area contributed by atoms with Gasteiger partial charge in [-0.25, -0.2) is 0 Å². The highest BCUT2D eigenvalue weighted by molar-refractivity contribution is 6.46. The number of amides is 1. The van der Waals surface area contributed by atoms with E-state index in [2.05, 4.69) is 0 Å². The van der Waals surface area contributed by atoms with E-state index in [1.165, 1.54) is 48.4 Å². The Labute approximate surface area is 175 Å². The van der Waals surface area contributed by atoms with Gasteiger partial charge >= 0.3 is 0 Å². The molecule has 2 N–H and O–H groups in total. The largest absolute Gasteiger partial charge is 0.507 e. The minimum absolute atomic E-state index is 0.000165. The number of phenols is 1. The number of nitro benzene ring substituents is 1. The van der Waals surface area contributed by atoms with Crippen molar-refractivity contribution >= 4 is 34.7 Å². The Kier molecular flexibility index (Phi) is 6.04. The van der Waals surface area contributed by atoms with Crippen LogP contribution in [0.5, 0.6) is 5.75 Å². The van der Waals surface area contributed by atoms with Gasteiger partial charge in [-0.1, -0.05) is 29.8 Å². The van der Waals surface area contributed by atoms with E-state index in [0.29, 0.717) is 5.56 Å². The molecule has 0 aliphatic carbocycles. The summed E-state index contributed by atoms with van der Waals surface area (Å²) in [5.41, 5.74) is -0.126. The lowest BCUT2D eigenvalue weighted by Gasteiger charge is -2.25. The van der Waals surface area contributed by atoms with Crippen molar-refractivity contribution in [2.75, 3.05) is 20.3 Å². The van der Waals surface area contributed by atoms with Crippen LogP contribution in [0.15, 0.2) is 48.0 Å². The van der Waals surface area contributed by atoms with Crippen LogP contribution in [-0.2, 0) is 14.3 Å². The molecule has 1 unspecified atom stereocenters. The monoisotopic (exact) mass is 432 g/mol. The average molecular weight is 433 g/mol. The van der Waals surface area contributed by atoms with Gasteiger partial charge in [0.25, 0.3) is 17.4 Å². The number of Topliss-reactive ketones (excluding diaryl/α,β-unsaturated/α-hetero) is 1. The number of aliphatic hydroxyl groups excluding tert-OH is 1. The van der Waals surface area contributed by atoms with E-state index in [9.17, 15) is 29.9 Å². The summed E-state index contributed by atoms with van der Waals surface area (Å²) < 4.78 is 5.01. The summed E-state index contributed by atoms with van der Waals surface area (Å²) >= 11 is 6.00. The summed E-state index contributed by atoms with van der Waals surface area (Å²) in [5, 5.41) is 31.6. The number of nitro groups is 1. The summed E-state index contributed by atoms with van der Waals surface area (Å²) in [6.45, 7) is 0.183. The quantitative estimate of drug-likeness (QED) is 0.236. The molecule has 1 aliphatic heterocycles. The van der Waals surface area contributed by atoms with Crippen molar-refractivity contribution in [3.05, 3.63) is 74.3 Å². The fourth-order valence-electron chi connectivity index (χ4n) is 3.26. The van der Waals surface area contributed by atoms with E-state index in [1.54, 1.807) is 0 Å². The summed E-state index contributed by atoms with van der Waals surface area (Å²) in [5.74, 6) is -2.53. The third-order valence-electron chi connectivity index (χ3n) is 4.69. The van der Waals surface area contributed by atoms with Gasteiger partial charge in [0, 0.05) is 31.4 Å². The third-order valence-corrected chi connectivity index (χ3v) is 5.00. The van der Waals surface area contributed by atoms with Gasteiger partial charge in [-0.3, -0.25) is 19.7 Å². The van der Waals surface area contributed by atoms with Gasteiger partial charge in [-0.2, -0.15) is 0 Å². The number of ether oxygens (including phenoxy) is 1. The second-order valence-corrected chi connectivity index (χ2v) is 6.91. The number of rotatable bonds is 6. The van der Waals surface area contributed by atoms with Crippen LogP contribution in [-0.4, -0.2) is 52.0 Å². The molecule has 2 aromatic rings. The van der Waals surface area contributed by atoms with Crippen LogP contribution in [0.3, 0.4) is 0 Å². The van der Waals surface area contributed by atoms with Gasteiger partial charge in [0.15, 0.2) is 0 Å². The summed E-state index contributed by atoms with van der Waals surface area (Å²) in [6.07, 6.45) is 0. The molecule has 0 saturated carbocycles. The maximum Gasteiger partial charge on any atom is 0.295 e. The molecule has 1 amide bonds. The Morgan fingerprint density at radius 3 is 2.63 bits per heavy atom. The van der Waals surface area contributed by atoms with Crippen LogP contribution in [0.2, 0.25) is 5.02 Å². The van der Waals surface area contributed by atoms with Crippen LogP contribution in [0.25, 0.3) is 5.76 Å². The first-order valence-electron chi connectivity index (χ1n) is 8.76. The summed E-state index contributed by atoms with van der Waals surface area (Å²) in [4.78, 5) is 37.1. The van der Waals surface area contributed by atoms with Crippen LogP contribution < -0.4 is 0 Å². The third kappa shape index (κ3) is 3.85. The standard InChI is InChI=1S/C20H17ClN2O7/c1-30-8-7-22-17(11-5-6-15(24)14(21)10-11)16(19(26)20(22)27)18(25)12-3-2-4-13(9-12)23(28)29/h2-6,9-10,17,24-25H,7-8H2,1H3/b18-16-. The number of nitrogens with zero attached hydrogens (tertiary/aromatic N) is 2. The molecule has 2 aromatic carbocycles. The van der Waals surface area contributed by atoms with E-state index in [4.69, 9.17) is 16.3 Å². The minimum atomic E-state index is -1.02. The Morgan fingerprint density at radius 2 is 2.00 bits per heavy atom. The van der Waals surface area contributed by atoms with Crippen molar-refractivity contribution in [1.82, 2.24) is 4.90 Å². The molecule has 1 heterocycles. The SMILES string of the molecule is COCCN1C(=O)C(=O)/C(=C(\O)c2cccc([N+](=O)[O-])c2)C1c1ccc(O)c(Cl)c1. The molecule has 0 radical (unpaired) electrons. The number of hydrogen-bond donors (Lipinski definition) is 2. The number of ketones is 1. The van der Waals surface area contributed by atoms with E-state index in [0.717, 1.165) is 6.07 Å². The predicted octanol–water partition coefficient (Wildman–Crippen LogP) is 3.02. The highest BCUT2D eigenvalue weighted by atomic mass is 35.5. The zero-order valence-corrected chi connectivity index (χ0v) is 16.5. The first-order valence-corrected chi connectivity index (χ1v) is 9.14. The number of phenolic OH excluding ortho intramolecular Hbond substituents is 1. The number of carbonyl (C=O) groups is 2. The van der Waals surface area contributed by atoms with E-state index < -0.39 is 28.4 Å². The molecular weight excluding hydrogens is 416 g/mol. The molecule has 3 rings (SSSR count). The van der Waals surface area contributed by atoms with E-state index >= 15 is 0 Å². The number of carbonyl (C=O) groups excluding carboxylic acids is 2. The molecule has 1 fully saturated rings. The number of non-ortho nitro benzene ring substituents is 1. The number of halogens is 1. The first-order chi connectivity index (χ1) is 14.3. The zero-order chi connectivity index (χ0) is 22.0. The van der Waals surface area contributed by atoms with Gasteiger partial charge < -0.3 is 19.8 Å².